The van der Waals surface area contributed by atoms with Gasteiger partial charge < -0.3 is 15.2 Å². The van der Waals surface area contributed by atoms with E-state index in [1.807, 2.05) is 13.1 Å². The largest absolute Gasteiger partial charge is 0.381 e. The van der Waals surface area contributed by atoms with Gasteiger partial charge in [-0.2, -0.15) is 0 Å². The molecule has 1 aromatic rings. The summed E-state index contributed by atoms with van der Waals surface area (Å²) in [6.07, 6.45) is 6.70. The Morgan fingerprint density at radius 2 is 2.25 bits per heavy atom. The van der Waals surface area contributed by atoms with Gasteiger partial charge in [-0.15, -0.1) is 0 Å². The molecule has 0 spiro atoms. The van der Waals surface area contributed by atoms with E-state index >= 15 is 0 Å². The number of hydrogen-bond acceptors (Lipinski definition) is 5. The van der Waals surface area contributed by atoms with Crippen LogP contribution in [-0.4, -0.2) is 29.8 Å². The molecule has 20 heavy (non-hydrogen) atoms. The molecule has 3 rings (SSSR count). The zero-order valence-electron chi connectivity index (χ0n) is 12.1. The molecule has 1 saturated heterocycles. The predicted molar refractivity (Wildman–Crippen MR) is 75.3 cm³/mol. The Labute approximate surface area is 119 Å². The molecule has 2 N–H and O–H groups in total. The van der Waals surface area contributed by atoms with Crippen molar-refractivity contribution >= 4 is 0 Å². The van der Waals surface area contributed by atoms with Crippen LogP contribution in [0.4, 0.5) is 0 Å². The van der Waals surface area contributed by atoms with Crippen molar-refractivity contribution in [1.82, 2.24) is 9.97 Å². The fraction of sp³-hybridized carbons (Fsp3) is 0.733. The standard InChI is InChI=1S/C15H23N3O2/c1-2-20-15(6-8-19-9-7-15)14-17-10-11-12(16)4-3-5-13(11)18-14/h10,12H,2-9,16H2,1H3. The molecule has 1 unspecified atom stereocenters. The van der Waals surface area contributed by atoms with E-state index in [2.05, 4.69) is 4.98 Å². The second kappa shape index (κ2) is 5.76. The summed E-state index contributed by atoms with van der Waals surface area (Å²) in [5.41, 5.74) is 7.98. The minimum absolute atomic E-state index is 0.0885. The van der Waals surface area contributed by atoms with Crippen LogP contribution in [0.25, 0.3) is 0 Å². The first-order valence-electron chi connectivity index (χ1n) is 7.59. The molecule has 0 amide bonds. The summed E-state index contributed by atoms with van der Waals surface area (Å²) in [5.74, 6) is 0.815. The van der Waals surface area contributed by atoms with E-state index < -0.39 is 0 Å². The van der Waals surface area contributed by atoms with Gasteiger partial charge in [0.15, 0.2) is 5.82 Å². The lowest BCUT2D eigenvalue weighted by atomic mass is 9.90. The molecule has 5 nitrogen and oxygen atoms in total. The highest BCUT2D eigenvalue weighted by molar-refractivity contribution is 5.25. The van der Waals surface area contributed by atoms with Gasteiger partial charge in [0.2, 0.25) is 0 Å². The molecule has 1 aliphatic carbocycles. The Morgan fingerprint density at radius 1 is 1.45 bits per heavy atom. The fourth-order valence-electron chi connectivity index (χ4n) is 3.21. The molecule has 0 radical (unpaired) electrons. The molecule has 0 saturated carbocycles. The highest BCUT2D eigenvalue weighted by Gasteiger charge is 2.38. The lowest BCUT2D eigenvalue weighted by Crippen LogP contribution is -2.39. The Kier molecular flexibility index (Phi) is 4.01. The second-order valence-electron chi connectivity index (χ2n) is 5.63. The fourth-order valence-corrected chi connectivity index (χ4v) is 3.21. The predicted octanol–water partition coefficient (Wildman–Crippen LogP) is 1.85. The molecule has 1 aliphatic heterocycles. The highest BCUT2D eigenvalue weighted by Crippen LogP contribution is 2.35. The number of aromatic nitrogens is 2. The van der Waals surface area contributed by atoms with Gasteiger partial charge in [0.1, 0.15) is 5.60 Å². The van der Waals surface area contributed by atoms with Crippen LogP contribution in [0.1, 0.15) is 55.7 Å². The molecule has 110 valence electrons. The topological polar surface area (TPSA) is 70.3 Å². The van der Waals surface area contributed by atoms with Gasteiger partial charge in [-0.25, -0.2) is 9.97 Å². The van der Waals surface area contributed by atoms with Crippen molar-refractivity contribution in [2.45, 2.75) is 50.7 Å². The van der Waals surface area contributed by atoms with Crippen molar-refractivity contribution < 1.29 is 9.47 Å². The van der Waals surface area contributed by atoms with Crippen molar-refractivity contribution in [2.75, 3.05) is 19.8 Å². The lowest BCUT2D eigenvalue weighted by molar-refractivity contribution is -0.118. The van der Waals surface area contributed by atoms with E-state index in [-0.39, 0.29) is 11.6 Å². The summed E-state index contributed by atoms with van der Waals surface area (Å²) in [7, 11) is 0. The maximum atomic E-state index is 6.14. The number of ether oxygens (including phenoxy) is 2. The summed E-state index contributed by atoms with van der Waals surface area (Å²) in [6.45, 7) is 4.10. The van der Waals surface area contributed by atoms with Crippen molar-refractivity contribution in [3.8, 4) is 0 Å². The van der Waals surface area contributed by atoms with Crippen LogP contribution in [0.3, 0.4) is 0 Å². The van der Waals surface area contributed by atoms with E-state index in [4.69, 9.17) is 20.2 Å². The van der Waals surface area contributed by atoms with Crippen molar-refractivity contribution in [3.63, 3.8) is 0 Å². The summed E-state index contributed by atoms with van der Waals surface area (Å²) >= 11 is 0. The minimum atomic E-state index is -0.371. The van der Waals surface area contributed by atoms with Gasteiger partial charge in [-0.3, -0.25) is 0 Å². The summed E-state index contributed by atoms with van der Waals surface area (Å²) < 4.78 is 11.5. The monoisotopic (exact) mass is 277 g/mol. The third-order valence-corrected chi connectivity index (χ3v) is 4.36. The Bertz CT molecular complexity index is 467. The average molecular weight is 277 g/mol. The van der Waals surface area contributed by atoms with Crippen LogP contribution in [0.2, 0.25) is 0 Å². The van der Waals surface area contributed by atoms with Gasteiger partial charge in [0.25, 0.3) is 0 Å². The molecular formula is C15H23N3O2. The molecule has 0 aromatic carbocycles. The van der Waals surface area contributed by atoms with Gasteiger partial charge >= 0.3 is 0 Å². The maximum absolute atomic E-state index is 6.14. The number of aryl methyl sites for hydroxylation is 1. The smallest absolute Gasteiger partial charge is 0.160 e. The van der Waals surface area contributed by atoms with E-state index in [1.54, 1.807) is 0 Å². The molecule has 5 heteroatoms. The molecule has 1 atom stereocenters. The van der Waals surface area contributed by atoms with E-state index in [0.717, 1.165) is 49.2 Å². The Morgan fingerprint density at radius 3 is 3.00 bits per heavy atom. The van der Waals surface area contributed by atoms with Crippen molar-refractivity contribution in [1.29, 1.82) is 0 Å². The van der Waals surface area contributed by atoms with Crippen LogP contribution in [0, 0.1) is 0 Å². The van der Waals surface area contributed by atoms with E-state index in [1.165, 1.54) is 0 Å². The van der Waals surface area contributed by atoms with E-state index in [0.29, 0.717) is 19.8 Å². The number of hydrogen-bond donors (Lipinski definition) is 1. The highest BCUT2D eigenvalue weighted by atomic mass is 16.5. The van der Waals surface area contributed by atoms with Crippen molar-refractivity contribution in [2.24, 2.45) is 5.73 Å². The molecule has 2 heterocycles. The van der Waals surface area contributed by atoms with Crippen LogP contribution in [0.5, 0.6) is 0 Å². The third-order valence-electron chi connectivity index (χ3n) is 4.36. The minimum Gasteiger partial charge on any atom is -0.381 e. The first kappa shape index (κ1) is 13.9. The molecular weight excluding hydrogens is 254 g/mol. The number of nitrogens with zero attached hydrogens (tertiary/aromatic N) is 2. The first-order chi connectivity index (χ1) is 9.75. The Balaban J connectivity index is 1.95. The normalized spacial score (nSPS) is 25.2. The molecule has 2 aliphatic rings. The van der Waals surface area contributed by atoms with Crippen molar-refractivity contribution in [3.05, 3.63) is 23.3 Å². The third kappa shape index (κ3) is 2.45. The van der Waals surface area contributed by atoms with Crippen LogP contribution in [-0.2, 0) is 21.5 Å². The van der Waals surface area contributed by atoms with Gasteiger partial charge in [0.05, 0.1) is 0 Å². The van der Waals surface area contributed by atoms with E-state index in [9.17, 15) is 0 Å². The summed E-state index contributed by atoms with van der Waals surface area (Å²) in [4.78, 5) is 9.39. The number of nitrogens with two attached hydrogens (primary N) is 1. The maximum Gasteiger partial charge on any atom is 0.160 e. The molecule has 0 bridgehead atoms. The van der Waals surface area contributed by atoms with Gasteiger partial charge in [-0.1, -0.05) is 0 Å². The average Bonchev–Trinajstić information content (AvgIpc) is 2.48. The summed E-state index contributed by atoms with van der Waals surface area (Å²) in [5, 5.41) is 0. The SMILES string of the molecule is CCOC1(c2ncc3c(n2)CCCC3N)CCOCC1. The second-order valence-corrected chi connectivity index (χ2v) is 5.63. The first-order valence-corrected chi connectivity index (χ1v) is 7.59. The van der Waals surface area contributed by atoms with Crippen LogP contribution < -0.4 is 5.73 Å². The number of rotatable bonds is 3. The Hall–Kier alpha value is -1.04. The van der Waals surface area contributed by atoms with Gasteiger partial charge in [-0.05, 0) is 26.2 Å². The zero-order chi connectivity index (χ0) is 14.0. The van der Waals surface area contributed by atoms with Crippen LogP contribution in [0.15, 0.2) is 6.20 Å². The summed E-state index contributed by atoms with van der Waals surface area (Å²) in [6, 6.07) is 0.0885. The quantitative estimate of drug-likeness (QED) is 0.913. The molecule has 1 fully saturated rings. The lowest BCUT2D eigenvalue weighted by Gasteiger charge is -2.36. The number of fused-ring (bicyclic) bond motifs is 1. The van der Waals surface area contributed by atoms with Crippen LogP contribution >= 0.6 is 0 Å². The van der Waals surface area contributed by atoms with Gasteiger partial charge in [0, 0.05) is 56.2 Å². The zero-order valence-corrected chi connectivity index (χ0v) is 12.1. The molecule has 1 aromatic heterocycles.